The van der Waals surface area contributed by atoms with E-state index in [1.54, 1.807) is 6.20 Å². The first-order chi connectivity index (χ1) is 11.8. The highest BCUT2D eigenvalue weighted by Gasteiger charge is 2.18. The predicted octanol–water partition coefficient (Wildman–Crippen LogP) is 4.14. The van der Waals surface area contributed by atoms with Crippen LogP contribution in [-0.4, -0.2) is 16.0 Å². The molecule has 0 saturated heterocycles. The van der Waals surface area contributed by atoms with Crippen LogP contribution in [0, 0.1) is 0 Å². The molecule has 2 heterocycles. The van der Waals surface area contributed by atoms with Crippen LogP contribution in [-0.2, 0) is 0 Å². The molecule has 2 aromatic carbocycles. The van der Waals surface area contributed by atoms with Gasteiger partial charge in [-0.15, -0.1) is 0 Å². The number of pyridine rings is 1. The zero-order valence-electron chi connectivity index (χ0n) is 12.6. The van der Waals surface area contributed by atoms with Crippen molar-refractivity contribution in [3.8, 4) is 11.3 Å². The lowest BCUT2D eigenvalue weighted by Gasteiger charge is -2.07. The van der Waals surface area contributed by atoms with Crippen LogP contribution in [0.1, 0.15) is 10.4 Å². The largest absolute Gasteiger partial charge is 0.355 e. The number of carbonyl (C=O) groups excluding carboxylic acids is 1. The molecule has 0 spiro atoms. The lowest BCUT2D eigenvalue weighted by Crippen LogP contribution is -2.12. The van der Waals surface area contributed by atoms with Gasteiger partial charge in [-0.1, -0.05) is 53.7 Å². The van der Waals surface area contributed by atoms with E-state index in [0.29, 0.717) is 17.0 Å². The topological polar surface area (TPSA) is 68.0 Å². The lowest BCUT2D eigenvalue weighted by atomic mass is 10.1. The Kier molecular flexibility index (Phi) is 3.51. The van der Waals surface area contributed by atoms with E-state index in [-0.39, 0.29) is 5.91 Å². The first kappa shape index (κ1) is 14.1. The highest BCUT2D eigenvalue weighted by molar-refractivity contribution is 6.10. The number of anilines is 1. The number of amides is 1. The molecule has 4 aromatic rings. The number of aromatic nitrogens is 2. The average Bonchev–Trinajstić information content (AvgIpc) is 3.13. The molecule has 0 saturated carbocycles. The van der Waals surface area contributed by atoms with Crippen LogP contribution in [0.5, 0.6) is 0 Å². The number of fused-ring (bicyclic) bond motifs is 1. The van der Waals surface area contributed by atoms with E-state index in [0.717, 1.165) is 16.5 Å². The molecule has 24 heavy (non-hydrogen) atoms. The minimum absolute atomic E-state index is 0.284. The van der Waals surface area contributed by atoms with Gasteiger partial charge in [0.2, 0.25) is 0 Å². The molecule has 2 aromatic heterocycles. The molecule has 4 rings (SSSR count). The maximum atomic E-state index is 12.7. The smallest absolute Gasteiger partial charge is 0.261 e. The third kappa shape index (κ3) is 2.52. The van der Waals surface area contributed by atoms with Crippen molar-refractivity contribution in [2.24, 2.45) is 0 Å². The molecule has 0 aliphatic carbocycles. The van der Waals surface area contributed by atoms with Crippen LogP contribution in [0.3, 0.4) is 0 Å². The molecular formula is C19H13N3O2. The fraction of sp³-hybridized carbons (Fsp3) is 0. The Bertz CT molecular complexity index is 1000. The Balaban J connectivity index is 1.70. The zero-order chi connectivity index (χ0) is 16.4. The summed E-state index contributed by atoms with van der Waals surface area (Å²) in [4.78, 5) is 17.0. The van der Waals surface area contributed by atoms with Crippen molar-refractivity contribution in [1.29, 1.82) is 0 Å². The molecular weight excluding hydrogens is 302 g/mol. The SMILES string of the molecule is O=C(Nc1cccc2cccnc12)c1cnoc1-c1ccccc1. The van der Waals surface area contributed by atoms with Gasteiger partial charge in [0.25, 0.3) is 5.91 Å². The zero-order valence-corrected chi connectivity index (χ0v) is 12.6. The first-order valence-corrected chi connectivity index (χ1v) is 7.48. The predicted molar refractivity (Wildman–Crippen MR) is 91.6 cm³/mol. The Morgan fingerprint density at radius 3 is 2.67 bits per heavy atom. The quantitative estimate of drug-likeness (QED) is 0.617. The van der Waals surface area contributed by atoms with Crippen molar-refractivity contribution in [2.45, 2.75) is 0 Å². The summed E-state index contributed by atoms with van der Waals surface area (Å²) in [6.07, 6.45) is 3.13. The van der Waals surface area contributed by atoms with E-state index in [4.69, 9.17) is 4.52 Å². The molecule has 116 valence electrons. The van der Waals surface area contributed by atoms with Crippen LogP contribution < -0.4 is 5.32 Å². The molecule has 1 amide bonds. The summed E-state index contributed by atoms with van der Waals surface area (Å²) in [6, 6.07) is 18.9. The van der Waals surface area contributed by atoms with Gasteiger partial charge >= 0.3 is 0 Å². The highest BCUT2D eigenvalue weighted by atomic mass is 16.5. The Morgan fingerprint density at radius 2 is 1.79 bits per heavy atom. The van der Waals surface area contributed by atoms with Crippen LogP contribution in [0.2, 0.25) is 0 Å². The van der Waals surface area contributed by atoms with Crippen LogP contribution in [0.25, 0.3) is 22.2 Å². The van der Waals surface area contributed by atoms with Gasteiger partial charge in [-0.05, 0) is 12.1 Å². The molecule has 0 atom stereocenters. The van der Waals surface area contributed by atoms with E-state index in [2.05, 4.69) is 15.5 Å². The summed E-state index contributed by atoms with van der Waals surface area (Å²) in [5, 5.41) is 7.63. The van der Waals surface area contributed by atoms with Crippen molar-refractivity contribution in [3.63, 3.8) is 0 Å². The summed E-state index contributed by atoms with van der Waals surface area (Å²) < 4.78 is 5.27. The third-order valence-corrected chi connectivity index (χ3v) is 3.73. The normalized spacial score (nSPS) is 10.7. The average molecular weight is 315 g/mol. The van der Waals surface area contributed by atoms with Gasteiger partial charge < -0.3 is 9.84 Å². The van der Waals surface area contributed by atoms with Gasteiger partial charge in [0, 0.05) is 17.1 Å². The summed E-state index contributed by atoms with van der Waals surface area (Å²) in [5.41, 5.74) is 2.58. The fourth-order valence-corrected chi connectivity index (χ4v) is 2.59. The van der Waals surface area contributed by atoms with E-state index in [1.165, 1.54) is 6.20 Å². The second kappa shape index (κ2) is 5.96. The van der Waals surface area contributed by atoms with Crippen LogP contribution in [0.15, 0.2) is 77.6 Å². The van der Waals surface area contributed by atoms with Crippen molar-refractivity contribution >= 4 is 22.5 Å². The van der Waals surface area contributed by atoms with Gasteiger partial charge in [0.1, 0.15) is 5.56 Å². The number of nitrogens with zero attached hydrogens (tertiary/aromatic N) is 2. The summed E-state index contributed by atoms with van der Waals surface area (Å²) in [6.45, 7) is 0. The standard InChI is InChI=1S/C19H13N3O2/c23-19(15-12-21-24-18(15)14-6-2-1-3-7-14)22-16-10-4-8-13-9-5-11-20-17(13)16/h1-12H,(H,22,23). The minimum Gasteiger partial charge on any atom is -0.355 e. The van der Waals surface area contributed by atoms with Gasteiger partial charge in [0.05, 0.1) is 17.4 Å². The molecule has 1 N–H and O–H groups in total. The monoisotopic (exact) mass is 315 g/mol. The molecule has 5 nitrogen and oxygen atoms in total. The maximum Gasteiger partial charge on any atom is 0.261 e. The molecule has 0 unspecified atom stereocenters. The Labute approximate surface area is 137 Å². The Morgan fingerprint density at radius 1 is 0.958 bits per heavy atom. The Hall–Kier alpha value is -3.47. The molecule has 0 aliphatic rings. The number of rotatable bonds is 3. The van der Waals surface area contributed by atoms with Crippen molar-refractivity contribution in [3.05, 3.63) is 78.6 Å². The molecule has 0 fully saturated rings. The van der Waals surface area contributed by atoms with E-state index in [1.807, 2.05) is 60.7 Å². The van der Waals surface area contributed by atoms with E-state index >= 15 is 0 Å². The number of para-hydroxylation sites is 1. The fourth-order valence-electron chi connectivity index (χ4n) is 2.59. The van der Waals surface area contributed by atoms with Crippen LogP contribution in [0.4, 0.5) is 5.69 Å². The minimum atomic E-state index is -0.284. The van der Waals surface area contributed by atoms with Gasteiger partial charge in [-0.3, -0.25) is 9.78 Å². The van der Waals surface area contributed by atoms with Crippen molar-refractivity contribution < 1.29 is 9.32 Å². The summed E-state index contributed by atoms with van der Waals surface area (Å²) in [7, 11) is 0. The molecule has 0 radical (unpaired) electrons. The number of hydrogen-bond acceptors (Lipinski definition) is 4. The number of benzene rings is 2. The van der Waals surface area contributed by atoms with E-state index < -0.39 is 0 Å². The summed E-state index contributed by atoms with van der Waals surface area (Å²) in [5.74, 6) is 0.162. The second-order valence-corrected chi connectivity index (χ2v) is 5.27. The van der Waals surface area contributed by atoms with E-state index in [9.17, 15) is 4.79 Å². The first-order valence-electron chi connectivity index (χ1n) is 7.48. The highest BCUT2D eigenvalue weighted by Crippen LogP contribution is 2.26. The molecule has 0 bridgehead atoms. The molecule has 0 aliphatic heterocycles. The third-order valence-electron chi connectivity index (χ3n) is 3.73. The van der Waals surface area contributed by atoms with Crippen molar-refractivity contribution in [1.82, 2.24) is 10.1 Å². The van der Waals surface area contributed by atoms with Crippen LogP contribution >= 0.6 is 0 Å². The second-order valence-electron chi connectivity index (χ2n) is 5.27. The number of nitrogens with one attached hydrogen (secondary N) is 1. The maximum absolute atomic E-state index is 12.7. The lowest BCUT2D eigenvalue weighted by molar-refractivity contribution is 0.102. The van der Waals surface area contributed by atoms with Gasteiger partial charge in [-0.25, -0.2) is 0 Å². The number of carbonyl (C=O) groups is 1. The number of hydrogen-bond donors (Lipinski definition) is 1. The van der Waals surface area contributed by atoms with Gasteiger partial charge in [-0.2, -0.15) is 0 Å². The van der Waals surface area contributed by atoms with Gasteiger partial charge in [0.15, 0.2) is 5.76 Å². The van der Waals surface area contributed by atoms with Crippen molar-refractivity contribution in [2.75, 3.05) is 5.32 Å². The molecule has 5 heteroatoms. The summed E-state index contributed by atoms with van der Waals surface area (Å²) >= 11 is 0.